The summed E-state index contributed by atoms with van der Waals surface area (Å²) in [6.07, 6.45) is 0.724. The van der Waals surface area contributed by atoms with E-state index in [1.54, 1.807) is 11.8 Å². The lowest BCUT2D eigenvalue weighted by molar-refractivity contribution is -0.137. The molecular weight excluding hydrogens is 327 g/mol. The van der Waals surface area contributed by atoms with Crippen molar-refractivity contribution >= 4 is 36.3 Å². The molecule has 0 aliphatic rings. The molecule has 3 unspecified atom stereocenters. The summed E-state index contributed by atoms with van der Waals surface area (Å²) in [6, 6.07) is 14.4. The van der Waals surface area contributed by atoms with Crippen LogP contribution in [0.25, 0.3) is 10.8 Å². The molecule has 122 valence electrons. The largest absolute Gasteiger partial charge is 0.481 e. The van der Waals surface area contributed by atoms with Crippen LogP contribution in [0.2, 0.25) is 0 Å². The first-order valence-electron chi connectivity index (χ1n) is 7.75. The molecule has 0 aliphatic carbocycles. The van der Waals surface area contributed by atoms with Crippen LogP contribution in [-0.2, 0) is 9.36 Å². The number of benzene rings is 2. The average Bonchev–Trinajstić information content (AvgIpc) is 2.56. The zero-order valence-corrected chi connectivity index (χ0v) is 15.1. The Hall–Kier alpha value is -1.38. The molecule has 23 heavy (non-hydrogen) atoms. The summed E-state index contributed by atoms with van der Waals surface area (Å²) in [4.78, 5) is 11.8. The zero-order chi connectivity index (χ0) is 16.8. The smallest absolute Gasteiger partial charge is 0.352 e. The number of rotatable bonds is 8. The third-order valence-corrected chi connectivity index (χ3v) is 7.81. The fraction of sp³-hybridized carbons (Fsp3) is 0.389. The summed E-state index contributed by atoms with van der Waals surface area (Å²) < 4.78 is 12.5. The Labute approximate surface area is 142 Å². The van der Waals surface area contributed by atoms with Crippen molar-refractivity contribution < 1.29 is 14.5 Å². The Balaban J connectivity index is 1.96. The molecule has 0 radical (unpaired) electrons. The molecule has 0 saturated carbocycles. The van der Waals surface area contributed by atoms with Gasteiger partial charge in [-0.05, 0) is 30.2 Å². The minimum atomic E-state index is -1.37. The van der Waals surface area contributed by atoms with Crippen LogP contribution in [0, 0.1) is 5.92 Å². The summed E-state index contributed by atoms with van der Waals surface area (Å²) in [5.41, 5.74) is 0.605. The number of fused-ring (bicyclic) bond motifs is 1. The minimum absolute atomic E-state index is 0.0341. The number of carboxylic acids is 1. The van der Waals surface area contributed by atoms with Gasteiger partial charge in [-0.2, -0.15) is 0 Å². The van der Waals surface area contributed by atoms with Gasteiger partial charge in [0.2, 0.25) is 0 Å². The number of hydrogen-bond donors (Lipinski definition) is 1. The van der Waals surface area contributed by atoms with Gasteiger partial charge in [0.15, 0.2) is 11.2 Å². The van der Waals surface area contributed by atoms with Crippen LogP contribution in [0.5, 0.6) is 0 Å². The van der Waals surface area contributed by atoms with Crippen LogP contribution < -0.4 is 0 Å². The van der Waals surface area contributed by atoms with E-state index in [9.17, 15) is 9.36 Å². The van der Waals surface area contributed by atoms with E-state index in [1.165, 1.54) is 10.8 Å². The number of aliphatic carboxylic acids is 1. The van der Waals surface area contributed by atoms with E-state index in [-0.39, 0.29) is 18.0 Å². The van der Waals surface area contributed by atoms with Gasteiger partial charge in [0.1, 0.15) is 0 Å². The van der Waals surface area contributed by atoms with E-state index >= 15 is 0 Å². The minimum Gasteiger partial charge on any atom is -0.481 e. The standard InChI is InChI=1S/C18H21O3PS/c1-13(10-11-18(19)20)14(2)22(21)12-23-17-9-5-7-15-6-3-4-8-16(15)17/h3-9,13-14H,10-12H2,1-2H3/p+1. The summed E-state index contributed by atoms with van der Waals surface area (Å²) >= 11 is 1.63. The van der Waals surface area contributed by atoms with Crippen molar-refractivity contribution in [1.82, 2.24) is 0 Å². The van der Waals surface area contributed by atoms with E-state index in [0.717, 1.165) is 4.90 Å². The van der Waals surface area contributed by atoms with Gasteiger partial charge in [0, 0.05) is 17.2 Å². The number of thioether (sulfide) groups is 1. The Morgan fingerprint density at radius 3 is 2.61 bits per heavy atom. The molecule has 0 amide bonds. The third-order valence-electron chi connectivity index (χ3n) is 4.19. The molecule has 0 bridgehead atoms. The van der Waals surface area contributed by atoms with Gasteiger partial charge in [0.05, 0.1) is 0 Å². The third kappa shape index (κ3) is 5.05. The Morgan fingerprint density at radius 1 is 1.17 bits per heavy atom. The topological polar surface area (TPSA) is 54.4 Å². The second kappa shape index (κ2) is 8.47. The van der Waals surface area contributed by atoms with E-state index < -0.39 is 13.8 Å². The fourth-order valence-corrected chi connectivity index (χ4v) is 5.69. The quantitative estimate of drug-likeness (QED) is 0.497. The normalized spacial score (nSPS) is 14.4. The predicted octanol–water partition coefficient (Wildman–Crippen LogP) is 5.61. The van der Waals surface area contributed by atoms with Gasteiger partial charge in [-0.3, -0.25) is 4.79 Å². The maximum Gasteiger partial charge on any atom is 0.352 e. The second-order valence-electron chi connectivity index (χ2n) is 5.82. The van der Waals surface area contributed by atoms with Crippen molar-refractivity contribution in [1.29, 1.82) is 0 Å². The highest BCUT2D eigenvalue weighted by Crippen LogP contribution is 2.41. The molecule has 5 heteroatoms. The summed E-state index contributed by atoms with van der Waals surface area (Å²) in [7, 11) is -1.37. The molecule has 0 spiro atoms. The van der Waals surface area contributed by atoms with Crippen molar-refractivity contribution in [3.63, 3.8) is 0 Å². The number of carboxylic acid groups (broad SMARTS) is 1. The molecule has 2 aromatic carbocycles. The Morgan fingerprint density at radius 2 is 1.87 bits per heavy atom. The molecule has 2 aromatic rings. The highest BCUT2D eigenvalue weighted by molar-refractivity contribution is 8.04. The van der Waals surface area contributed by atoms with Crippen LogP contribution in [0.1, 0.15) is 26.7 Å². The van der Waals surface area contributed by atoms with Gasteiger partial charge in [-0.25, -0.2) is 0 Å². The lowest BCUT2D eigenvalue weighted by Crippen LogP contribution is -2.12. The molecule has 2 rings (SSSR count). The van der Waals surface area contributed by atoms with Crippen LogP contribution in [0.15, 0.2) is 47.4 Å². The molecule has 0 heterocycles. The predicted molar refractivity (Wildman–Crippen MR) is 97.8 cm³/mol. The zero-order valence-electron chi connectivity index (χ0n) is 13.4. The molecule has 0 aromatic heterocycles. The van der Waals surface area contributed by atoms with Crippen LogP contribution in [0.4, 0.5) is 0 Å². The first-order valence-corrected chi connectivity index (χ1v) is 10.2. The van der Waals surface area contributed by atoms with Crippen molar-refractivity contribution in [2.75, 3.05) is 5.49 Å². The maximum absolute atomic E-state index is 12.5. The highest BCUT2D eigenvalue weighted by Gasteiger charge is 2.31. The van der Waals surface area contributed by atoms with E-state index in [2.05, 4.69) is 24.3 Å². The lowest BCUT2D eigenvalue weighted by Gasteiger charge is -2.10. The monoisotopic (exact) mass is 349 g/mol. The molecule has 0 saturated heterocycles. The van der Waals surface area contributed by atoms with Gasteiger partial charge < -0.3 is 5.11 Å². The van der Waals surface area contributed by atoms with Crippen molar-refractivity contribution in [2.24, 2.45) is 5.92 Å². The Kier molecular flexibility index (Phi) is 6.61. The van der Waals surface area contributed by atoms with E-state index in [4.69, 9.17) is 5.11 Å². The van der Waals surface area contributed by atoms with Gasteiger partial charge in [-0.15, -0.1) is 0 Å². The van der Waals surface area contributed by atoms with Gasteiger partial charge in [-0.1, -0.05) is 59.6 Å². The molecule has 1 N–H and O–H groups in total. The van der Waals surface area contributed by atoms with Crippen LogP contribution in [0.3, 0.4) is 0 Å². The number of carbonyl (C=O) groups is 1. The first-order chi connectivity index (χ1) is 11.0. The van der Waals surface area contributed by atoms with Gasteiger partial charge >= 0.3 is 13.8 Å². The fourth-order valence-electron chi connectivity index (χ4n) is 2.45. The molecular formula is C18H22O3PS+. The first kappa shape index (κ1) is 18.0. The average molecular weight is 349 g/mol. The van der Waals surface area contributed by atoms with Crippen molar-refractivity contribution in [3.8, 4) is 0 Å². The molecule has 3 nitrogen and oxygen atoms in total. The van der Waals surface area contributed by atoms with Crippen LogP contribution >= 0.6 is 19.6 Å². The van der Waals surface area contributed by atoms with Crippen molar-refractivity contribution in [2.45, 2.75) is 37.2 Å². The van der Waals surface area contributed by atoms with E-state index in [1.807, 2.05) is 32.0 Å². The van der Waals surface area contributed by atoms with Gasteiger partial charge in [0.25, 0.3) is 0 Å². The highest BCUT2D eigenvalue weighted by atomic mass is 32.2. The van der Waals surface area contributed by atoms with E-state index in [0.29, 0.717) is 11.9 Å². The maximum atomic E-state index is 12.5. The molecule has 0 aliphatic heterocycles. The number of hydrogen-bond acceptors (Lipinski definition) is 3. The second-order valence-corrected chi connectivity index (χ2v) is 9.23. The Bertz CT molecular complexity index is 696. The molecule has 0 fully saturated rings. The summed E-state index contributed by atoms with van der Waals surface area (Å²) in [5, 5.41) is 11.1. The summed E-state index contributed by atoms with van der Waals surface area (Å²) in [6.45, 7) is 3.96. The van der Waals surface area contributed by atoms with Crippen molar-refractivity contribution in [3.05, 3.63) is 42.5 Å². The lowest BCUT2D eigenvalue weighted by atomic mass is 10.0. The molecule has 3 atom stereocenters. The van der Waals surface area contributed by atoms with Crippen LogP contribution in [-0.4, -0.2) is 22.2 Å². The summed E-state index contributed by atoms with van der Waals surface area (Å²) in [5.74, 6) is -0.632. The SMILES string of the molecule is CC(CCC(=O)O)C(C)[P+](=O)CSc1cccc2ccccc12.